The van der Waals surface area contributed by atoms with Crippen molar-refractivity contribution in [1.29, 1.82) is 0 Å². The summed E-state index contributed by atoms with van der Waals surface area (Å²) in [6.07, 6.45) is 7.76. The third-order valence-electron chi connectivity index (χ3n) is 4.49. The molecule has 0 spiro atoms. The second kappa shape index (κ2) is 8.28. The molecule has 0 aromatic carbocycles. The van der Waals surface area contributed by atoms with Gasteiger partial charge in [0.05, 0.1) is 0 Å². The lowest BCUT2D eigenvalue weighted by Gasteiger charge is -2.08. The third kappa shape index (κ3) is 7.51. The van der Waals surface area contributed by atoms with Gasteiger partial charge < -0.3 is 10.2 Å². The molecule has 4 nitrogen and oxygen atoms in total. The van der Waals surface area contributed by atoms with Crippen LogP contribution in [0.4, 0.5) is 0 Å². The minimum atomic E-state index is -0.660. The van der Waals surface area contributed by atoms with Gasteiger partial charge in [0.25, 0.3) is 0 Å². The maximum atomic E-state index is 10.3. The minimum Gasteiger partial charge on any atom is -0.481 e. The van der Waals surface area contributed by atoms with Gasteiger partial charge >= 0.3 is 11.9 Å². The number of hydrogen-bond acceptors (Lipinski definition) is 2. The van der Waals surface area contributed by atoms with Crippen molar-refractivity contribution in [3.05, 3.63) is 0 Å². The quantitative estimate of drug-likeness (QED) is 0.711. The van der Waals surface area contributed by atoms with E-state index in [9.17, 15) is 9.59 Å². The van der Waals surface area contributed by atoms with Gasteiger partial charge in [0.2, 0.25) is 0 Å². The van der Waals surface area contributed by atoms with Crippen LogP contribution in [0.3, 0.4) is 0 Å². The van der Waals surface area contributed by atoms with Crippen molar-refractivity contribution in [3.63, 3.8) is 0 Å². The summed E-state index contributed by atoms with van der Waals surface area (Å²) in [6.45, 7) is 4.23. The van der Waals surface area contributed by atoms with Crippen molar-refractivity contribution in [2.75, 3.05) is 0 Å². The normalized spacial score (nSPS) is 20.5. The largest absolute Gasteiger partial charge is 0.481 e. The molecule has 0 aromatic heterocycles. The van der Waals surface area contributed by atoms with E-state index in [-0.39, 0.29) is 0 Å². The number of carboxylic acids is 2. The van der Waals surface area contributed by atoms with Crippen molar-refractivity contribution < 1.29 is 19.8 Å². The first-order valence-electron chi connectivity index (χ1n) is 7.87. The van der Waals surface area contributed by atoms with Crippen LogP contribution in [0.5, 0.6) is 0 Å². The van der Waals surface area contributed by atoms with Gasteiger partial charge in [0.15, 0.2) is 0 Å². The first-order valence-corrected chi connectivity index (χ1v) is 7.87. The number of carbonyl (C=O) groups is 2. The fourth-order valence-corrected chi connectivity index (χ4v) is 2.69. The average molecular weight is 284 g/mol. The molecule has 2 rings (SSSR count). The Kier molecular flexibility index (Phi) is 7.03. The number of carboxylic acid groups (broad SMARTS) is 2. The fourth-order valence-electron chi connectivity index (χ4n) is 2.69. The molecule has 0 aliphatic heterocycles. The molecule has 2 aliphatic rings. The minimum absolute atomic E-state index is 0.345. The smallest absolute Gasteiger partial charge is 0.303 e. The van der Waals surface area contributed by atoms with Gasteiger partial charge in [-0.2, -0.15) is 0 Å². The lowest BCUT2D eigenvalue weighted by Crippen LogP contribution is -2.08. The zero-order chi connectivity index (χ0) is 15.1. The van der Waals surface area contributed by atoms with Gasteiger partial charge in [-0.15, -0.1) is 0 Å². The maximum absolute atomic E-state index is 10.3. The molecule has 20 heavy (non-hydrogen) atoms. The van der Waals surface area contributed by atoms with Crippen LogP contribution in [0.25, 0.3) is 0 Å². The third-order valence-corrected chi connectivity index (χ3v) is 4.49. The van der Waals surface area contributed by atoms with Crippen LogP contribution in [-0.4, -0.2) is 22.2 Å². The van der Waals surface area contributed by atoms with Gasteiger partial charge in [-0.25, -0.2) is 0 Å². The molecule has 2 saturated carbocycles. The van der Waals surface area contributed by atoms with E-state index in [1.807, 2.05) is 0 Å². The fraction of sp³-hybridized carbons (Fsp3) is 0.875. The Hall–Kier alpha value is -1.06. The lowest BCUT2D eigenvalue weighted by atomic mass is 9.97. The molecule has 2 unspecified atom stereocenters. The van der Waals surface area contributed by atoms with Gasteiger partial charge in [-0.1, -0.05) is 20.3 Å². The Morgan fingerprint density at radius 3 is 1.95 bits per heavy atom. The topological polar surface area (TPSA) is 74.6 Å². The predicted molar refractivity (Wildman–Crippen MR) is 77.5 cm³/mol. The highest BCUT2D eigenvalue weighted by molar-refractivity contribution is 5.67. The standard InChI is InChI=1S/2C8H14O2/c1-6(7-3-4-7)2-5-8(9)10;1-2-6(5-8(9)10)7-3-4-7/h2*6-7H,2-5H2,1H3,(H,9,10). The molecule has 0 aromatic rings. The molecule has 116 valence electrons. The number of hydrogen-bond donors (Lipinski definition) is 2. The highest BCUT2D eigenvalue weighted by Gasteiger charge is 2.31. The Morgan fingerprint density at radius 1 is 1.05 bits per heavy atom. The first-order chi connectivity index (χ1) is 9.43. The zero-order valence-electron chi connectivity index (χ0n) is 12.7. The molecule has 2 aliphatic carbocycles. The molecule has 2 fully saturated rings. The Bertz CT molecular complexity index is 318. The highest BCUT2D eigenvalue weighted by Crippen LogP contribution is 2.40. The molecule has 0 heterocycles. The Morgan fingerprint density at radius 2 is 1.60 bits per heavy atom. The SMILES string of the molecule is CC(CCC(=O)O)C1CC1.CCC(CC(=O)O)C1CC1. The monoisotopic (exact) mass is 284 g/mol. The number of aliphatic carboxylic acids is 2. The van der Waals surface area contributed by atoms with Gasteiger partial charge in [0.1, 0.15) is 0 Å². The average Bonchev–Trinajstić information content (AvgIpc) is 3.25. The van der Waals surface area contributed by atoms with Crippen molar-refractivity contribution in [3.8, 4) is 0 Å². The summed E-state index contributed by atoms with van der Waals surface area (Å²) in [5.74, 6) is 1.38. The van der Waals surface area contributed by atoms with Crippen LogP contribution >= 0.6 is 0 Å². The summed E-state index contributed by atoms with van der Waals surface area (Å²) in [5.41, 5.74) is 0. The van der Waals surface area contributed by atoms with E-state index in [4.69, 9.17) is 10.2 Å². The van der Waals surface area contributed by atoms with Crippen LogP contribution in [0, 0.1) is 23.7 Å². The van der Waals surface area contributed by atoms with Crippen LogP contribution < -0.4 is 0 Å². The summed E-state index contributed by atoms with van der Waals surface area (Å²) in [6, 6.07) is 0. The molecule has 0 bridgehead atoms. The number of rotatable bonds is 8. The summed E-state index contributed by atoms with van der Waals surface area (Å²) in [4.78, 5) is 20.4. The lowest BCUT2D eigenvalue weighted by molar-refractivity contribution is -0.139. The van der Waals surface area contributed by atoms with E-state index in [1.165, 1.54) is 25.7 Å². The first kappa shape index (κ1) is 17.0. The van der Waals surface area contributed by atoms with E-state index in [0.29, 0.717) is 24.7 Å². The van der Waals surface area contributed by atoms with E-state index < -0.39 is 11.9 Å². The maximum Gasteiger partial charge on any atom is 0.303 e. The summed E-state index contributed by atoms with van der Waals surface area (Å²) in [5, 5.41) is 16.9. The summed E-state index contributed by atoms with van der Waals surface area (Å²) >= 11 is 0. The van der Waals surface area contributed by atoms with Crippen molar-refractivity contribution in [2.24, 2.45) is 23.7 Å². The molecule has 2 atom stereocenters. The van der Waals surface area contributed by atoms with E-state index >= 15 is 0 Å². The molecular formula is C16H28O4. The molecule has 0 amide bonds. The van der Waals surface area contributed by atoms with Gasteiger partial charge in [0, 0.05) is 12.8 Å². The van der Waals surface area contributed by atoms with E-state index in [1.54, 1.807) is 0 Å². The predicted octanol–water partition coefficient (Wildman–Crippen LogP) is 3.79. The van der Waals surface area contributed by atoms with Crippen molar-refractivity contribution >= 4 is 11.9 Å². The molecule has 2 N–H and O–H groups in total. The van der Waals surface area contributed by atoms with Crippen LogP contribution in [0.2, 0.25) is 0 Å². The molecule has 4 heteroatoms. The summed E-state index contributed by atoms with van der Waals surface area (Å²) < 4.78 is 0. The molecule has 0 radical (unpaired) electrons. The highest BCUT2D eigenvalue weighted by atomic mass is 16.4. The molecular weight excluding hydrogens is 256 g/mol. The van der Waals surface area contributed by atoms with Gasteiger partial charge in [-0.05, 0) is 55.8 Å². The second-order valence-electron chi connectivity index (χ2n) is 6.35. The zero-order valence-corrected chi connectivity index (χ0v) is 12.7. The molecule has 0 saturated heterocycles. The van der Waals surface area contributed by atoms with Crippen LogP contribution in [0.1, 0.15) is 65.2 Å². The van der Waals surface area contributed by atoms with Crippen LogP contribution in [0.15, 0.2) is 0 Å². The summed E-state index contributed by atoms with van der Waals surface area (Å²) in [7, 11) is 0. The van der Waals surface area contributed by atoms with Crippen LogP contribution in [-0.2, 0) is 9.59 Å². The Balaban J connectivity index is 0.000000200. The Labute approximate surface area is 121 Å². The second-order valence-corrected chi connectivity index (χ2v) is 6.35. The van der Waals surface area contributed by atoms with Crippen molar-refractivity contribution in [1.82, 2.24) is 0 Å². The van der Waals surface area contributed by atoms with E-state index in [2.05, 4.69) is 13.8 Å². The van der Waals surface area contributed by atoms with Gasteiger partial charge in [-0.3, -0.25) is 9.59 Å². The van der Waals surface area contributed by atoms with Crippen molar-refractivity contribution in [2.45, 2.75) is 65.2 Å². The van der Waals surface area contributed by atoms with E-state index in [0.717, 1.165) is 24.7 Å².